The molecule has 122 valence electrons. The highest BCUT2D eigenvalue weighted by Crippen LogP contribution is 2.35. The first-order valence-electron chi connectivity index (χ1n) is 7.43. The molecule has 1 fully saturated rings. The number of hydrogen-bond acceptors (Lipinski definition) is 3. The van der Waals surface area contributed by atoms with Gasteiger partial charge < -0.3 is 4.90 Å². The van der Waals surface area contributed by atoms with Gasteiger partial charge in [-0.1, -0.05) is 12.8 Å². The van der Waals surface area contributed by atoms with Gasteiger partial charge in [0.1, 0.15) is 5.36 Å². The van der Waals surface area contributed by atoms with Crippen molar-refractivity contribution in [2.45, 2.75) is 31.9 Å². The van der Waals surface area contributed by atoms with Crippen LogP contribution in [-0.4, -0.2) is 24.9 Å². The van der Waals surface area contributed by atoms with Crippen molar-refractivity contribution in [3.63, 3.8) is 0 Å². The van der Waals surface area contributed by atoms with Crippen LogP contribution < -0.4 is 20.6 Å². The molecule has 23 heavy (non-hydrogen) atoms. The lowest BCUT2D eigenvalue weighted by Gasteiger charge is -2.25. The molecule has 0 radical (unpaired) electrons. The first-order chi connectivity index (χ1) is 10.9. The number of carbonyl (C=O) groups is 2. The minimum Gasteiger partial charge on any atom is -0.371 e. The number of alkyl halides is 3. The Bertz CT molecular complexity index is 778. The number of nitrogens with one attached hydrogen (secondary N) is 1. The van der Waals surface area contributed by atoms with Crippen molar-refractivity contribution in [3.8, 4) is 0 Å². The lowest BCUT2D eigenvalue weighted by molar-refractivity contribution is -0.413. The molecular weight excluding hydrogens is 311 g/mol. The molecule has 0 bridgehead atoms. The molecule has 0 atom stereocenters. The van der Waals surface area contributed by atoms with Gasteiger partial charge in [-0.25, -0.2) is 4.79 Å². The second-order valence-corrected chi connectivity index (χ2v) is 5.66. The minimum atomic E-state index is -4.56. The number of anilines is 1. The maximum Gasteiger partial charge on any atom is 0.478 e. The Kier molecular flexibility index (Phi) is 3.91. The molecular formula is C15H15F3N3O2+. The average molecular weight is 326 g/mol. The molecule has 0 aliphatic carbocycles. The lowest BCUT2D eigenvalue weighted by Crippen LogP contribution is -2.86. The SMILES string of the molecule is O=C1N=c2cc(C(F)(F)F)c(N3CCCCCC3)cc2=[NH+]C1=O. The van der Waals surface area contributed by atoms with E-state index in [1.165, 1.54) is 6.07 Å². The highest BCUT2D eigenvalue weighted by molar-refractivity contribution is 6.31. The molecule has 2 heterocycles. The third-order valence-electron chi connectivity index (χ3n) is 4.03. The van der Waals surface area contributed by atoms with E-state index in [-0.39, 0.29) is 16.4 Å². The molecule has 2 aliphatic heterocycles. The third-order valence-corrected chi connectivity index (χ3v) is 4.03. The van der Waals surface area contributed by atoms with E-state index in [2.05, 4.69) is 9.98 Å². The Morgan fingerprint density at radius 3 is 2.30 bits per heavy atom. The van der Waals surface area contributed by atoms with E-state index in [1.807, 2.05) is 0 Å². The van der Waals surface area contributed by atoms with E-state index >= 15 is 0 Å². The third kappa shape index (κ3) is 3.11. The zero-order valence-corrected chi connectivity index (χ0v) is 12.2. The van der Waals surface area contributed by atoms with Crippen molar-refractivity contribution < 1.29 is 27.8 Å². The monoisotopic (exact) mass is 326 g/mol. The van der Waals surface area contributed by atoms with Gasteiger partial charge in [0.25, 0.3) is 0 Å². The van der Waals surface area contributed by atoms with Crippen molar-refractivity contribution in [2.75, 3.05) is 18.0 Å². The summed E-state index contributed by atoms with van der Waals surface area (Å²) in [5.74, 6) is -2.02. The van der Waals surface area contributed by atoms with E-state index in [1.54, 1.807) is 4.90 Å². The topological polar surface area (TPSA) is 63.7 Å². The van der Waals surface area contributed by atoms with Gasteiger partial charge >= 0.3 is 18.0 Å². The Morgan fingerprint density at radius 2 is 1.70 bits per heavy atom. The summed E-state index contributed by atoms with van der Waals surface area (Å²) in [7, 11) is 0. The summed E-state index contributed by atoms with van der Waals surface area (Å²) in [4.78, 5) is 30.1. The average Bonchev–Trinajstić information content (AvgIpc) is 2.75. The molecule has 0 unspecified atom stereocenters. The fraction of sp³-hybridized carbons (Fsp3) is 0.467. The van der Waals surface area contributed by atoms with Crippen LogP contribution in [0.3, 0.4) is 0 Å². The van der Waals surface area contributed by atoms with Gasteiger partial charge in [-0.2, -0.15) is 23.2 Å². The smallest absolute Gasteiger partial charge is 0.371 e. The Hall–Kier alpha value is -2.25. The lowest BCUT2D eigenvalue weighted by atomic mass is 10.1. The maximum atomic E-state index is 13.4. The molecule has 1 N–H and O–H groups in total. The van der Waals surface area contributed by atoms with Crippen LogP contribution in [-0.2, 0) is 15.8 Å². The van der Waals surface area contributed by atoms with Crippen molar-refractivity contribution in [1.82, 2.24) is 0 Å². The van der Waals surface area contributed by atoms with Gasteiger partial charge in [-0.05, 0) is 18.9 Å². The summed E-state index contributed by atoms with van der Waals surface area (Å²) in [6.45, 7) is 1.07. The van der Waals surface area contributed by atoms with E-state index in [0.29, 0.717) is 13.1 Å². The molecule has 0 aromatic heterocycles. The first-order valence-corrected chi connectivity index (χ1v) is 7.43. The number of carbonyl (C=O) groups excluding carboxylic acids is 2. The van der Waals surface area contributed by atoms with Crippen LogP contribution in [0.15, 0.2) is 17.1 Å². The molecule has 2 amide bonds. The van der Waals surface area contributed by atoms with Crippen LogP contribution in [0.5, 0.6) is 0 Å². The van der Waals surface area contributed by atoms with Gasteiger partial charge in [0.15, 0.2) is 0 Å². The standard InChI is InChI=1S/C15H14F3N3O2/c16-15(17,18)9-7-10-11(20-14(23)13(22)19-10)8-12(9)21-5-3-1-2-4-6-21/h7-8H,1-6H2/p+1. The van der Waals surface area contributed by atoms with Gasteiger partial charge in [-0.3, -0.25) is 4.79 Å². The van der Waals surface area contributed by atoms with Crippen molar-refractivity contribution in [2.24, 2.45) is 4.99 Å². The quantitative estimate of drug-likeness (QED) is 0.706. The van der Waals surface area contributed by atoms with Crippen molar-refractivity contribution in [1.29, 1.82) is 0 Å². The summed E-state index contributed by atoms with van der Waals surface area (Å²) in [6, 6.07) is 2.12. The van der Waals surface area contributed by atoms with Gasteiger partial charge in [0.2, 0.25) is 5.36 Å². The molecule has 2 aliphatic rings. The summed E-state index contributed by atoms with van der Waals surface area (Å²) >= 11 is 0. The number of rotatable bonds is 1. The fourth-order valence-electron chi connectivity index (χ4n) is 2.91. The second kappa shape index (κ2) is 5.75. The Morgan fingerprint density at radius 1 is 1.04 bits per heavy atom. The minimum absolute atomic E-state index is 0.0306. The summed E-state index contributed by atoms with van der Waals surface area (Å²) in [5.41, 5.74) is -0.797. The summed E-state index contributed by atoms with van der Waals surface area (Å²) < 4.78 is 40.2. The van der Waals surface area contributed by atoms with Gasteiger partial charge in [0, 0.05) is 19.2 Å². The molecule has 0 spiro atoms. The zero-order chi connectivity index (χ0) is 16.6. The normalized spacial score (nSPS) is 18.8. The number of benzene rings is 1. The second-order valence-electron chi connectivity index (χ2n) is 5.66. The van der Waals surface area contributed by atoms with Gasteiger partial charge in [-0.15, -0.1) is 0 Å². The van der Waals surface area contributed by atoms with E-state index in [4.69, 9.17) is 0 Å². The summed E-state index contributed by atoms with van der Waals surface area (Å²) in [6.07, 6.45) is -0.934. The number of fused-ring (bicyclic) bond motifs is 1. The van der Waals surface area contributed by atoms with Gasteiger partial charge in [0.05, 0.1) is 11.3 Å². The van der Waals surface area contributed by atoms with Crippen LogP contribution in [0.2, 0.25) is 0 Å². The van der Waals surface area contributed by atoms with Crippen LogP contribution in [0.25, 0.3) is 0 Å². The molecule has 0 saturated carbocycles. The van der Waals surface area contributed by atoms with Crippen LogP contribution in [0.4, 0.5) is 18.9 Å². The first kappa shape index (κ1) is 15.6. The number of nitrogens with zero attached hydrogens (tertiary/aromatic N) is 2. The fourth-order valence-corrected chi connectivity index (χ4v) is 2.91. The van der Waals surface area contributed by atoms with E-state index in [9.17, 15) is 22.8 Å². The molecule has 8 heteroatoms. The largest absolute Gasteiger partial charge is 0.478 e. The number of halogens is 3. The predicted octanol–water partition coefficient (Wildman–Crippen LogP) is -0.528. The van der Waals surface area contributed by atoms with Crippen molar-refractivity contribution in [3.05, 3.63) is 28.4 Å². The predicted molar refractivity (Wildman–Crippen MR) is 73.0 cm³/mol. The molecule has 1 saturated heterocycles. The number of hydrogen-bond donors (Lipinski definition) is 1. The highest BCUT2D eigenvalue weighted by Gasteiger charge is 2.37. The highest BCUT2D eigenvalue weighted by atomic mass is 19.4. The molecule has 1 aromatic carbocycles. The van der Waals surface area contributed by atoms with Crippen LogP contribution in [0, 0.1) is 0 Å². The van der Waals surface area contributed by atoms with Crippen LogP contribution >= 0.6 is 0 Å². The van der Waals surface area contributed by atoms with Crippen LogP contribution in [0.1, 0.15) is 31.2 Å². The number of amides is 2. The Balaban J connectivity index is 2.20. The van der Waals surface area contributed by atoms with E-state index < -0.39 is 23.6 Å². The zero-order valence-electron chi connectivity index (χ0n) is 12.2. The summed E-state index contributed by atoms with van der Waals surface area (Å²) in [5, 5.41) is -0.0117. The Labute approximate surface area is 129 Å². The maximum absolute atomic E-state index is 13.4. The molecule has 1 aromatic rings. The van der Waals surface area contributed by atoms with Crippen molar-refractivity contribution >= 4 is 17.5 Å². The molecule has 5 nitrogen and oxygen atoms in total. The van der Waals surface area contributed by atoms with E-state index in [0.717, 1.165) is 31.7 Å². The molecule has 3 rings (SSSR count).